The normalized spacial score (nSPS) is 20.6. The van der Waals surface area contributed by atoms with Gasteiger partial charge in [-0.2, -0.15) is 5.10 Å². The van der Waals surface area contributed by atoms with Gasteiger partial charge in [0.15, 0.2) is 0 Å². The van der Waals surface area contributed by atoms with Crippen LogP contribution in [-0.2, 0) is 11.2 Å². The molecule has 1 unspecified atom stereocenters. The summed E-state index contributed by atoms with van der Waals surface area (Å²) in [7, 11) is 4.30. The molecule has 1 aliphatic rings. The largest absolute Gasteiger partial charge is 0.356 e. The van der Waals surface area contributed by atoms with Crippen molar-refractivity contribution in [1.29, 1.82) is 0 Å². The van der Waals surface area contributed by atoms with E-state index in [2.05, 4.69) is 51.6 Å². The molecule has 0 radical (unpaired) electrons. The van der Waals surface area contributed by atoms with Crippen molar-refractivity contribution in [2.24, 2.45) is 11.8 Å². The van der Waals surface area contributed by atoms with Crippen LogP contribution in [0.25, 0.3) is 0 Å². The first kappa shape index (κ1) is 21.5. The summed E-state index contributed by atoms with van der Waals surface area (Å²) in [5.74, 6) is 1.35. The molecule has 1 fully saturated rings. The van der Waals surface area contributed by atoms with Crippen molar-refractivity contribution >= 4 is 5.91 Å². The summed E-state index contributed by atoms with van der Waals surface area (Å²) in [5.41, 5.74) is 4.40. The molecule has 0 bridgehead atoms. The lowest BCUT2D eigenvalue weighted by atomic mass is 9.77. The van der Waals surface area contributed by atoms with Crippen molar-refractivity contribution in [3.8, 4) is 0 Å². The number of aromatic nitrogens is 3. The van der Waals surface area contributed by atoms with Crippen LogP contribution in [0.2, 0.25) is 0 Å². The van der Waals surface area contributed by atoms with Crippen LogP contribution < -0.4 is 5.32 Å². The maximum absolute atomic E-state index is 12.3. The number of aromatic amines is 1. The topological polar surface area (TPSA) is 73.9 Å². The molecule has 29 heavy (non-hydrogen) atoms. The molecule has 2 aromatic heterocycles. The zero-order valence-electron chi connectivity index (χ0n) is 18.2. The van der Waals surface area contributed by atoms with E-state index in [1.54, 1.807) is 0 Å². The van der Waals surface area contributed by atoms with Gasteiger partial charge in [-0.1, -0.05) is 6.07 Å². The Morgan fingerprint density at radius 3 is 2.59 bits per heavy atom. The maximum Gasteiger partial charge on any atom is 0.220 e. The Bertz CT molecular complexity index is 758. The fraction of sp³-hybridized carbons (Fsp3) is 0.609. The summed E-state index contributed by atoms with van der Waals surface area (Å²) in [4.78, 5) is 19.2. The van der Waals surface area contributed by atoms with Crippen LogP contribution in [0.4, 0.5) is 0 Å². The molecule has 2 N–H and O–H groups in total. The minimum atomic E-state index is 0.145. The first-order valence-electron chi connectivity index (χ1n) is 10.8. The number of hydrogen-bond acceptors (Lipinski definition) is 4. The molecule has 0 saturated heterocycles. The Morgan fingerprint density at radius 1 is 1.24 bits per heavy atom. The molecular formula is C23H35N5O. The Kier molecular flexibility index (Phi) is 7.42. The highest BCUT2D eigenvalue weighted by Crippen LogP contribution is 2.38. The molecule has 158 valence electrons. The van der Waals surface area contributed by atoms with Crippen LogP contribution in [0.15, 0.2) is 24.4 Å². The van der Waals surface area contributed by atoms with Gasteiger partial charge in [0.1, 0.15) is 0 Å². The molecule has 1 aliphatic carbocycles. The molecule has 6 nitrogen and oxygen atoms in total. The van der Waals surface area contributed by atoms with Gasteiger partial charge in [0.25, 0.3) is 0 Å². The van der Waals surface area contributed by atoms with Crippen LogP contribution in [-0.4, -0.2) is 46.6 Å². The Labute approximate surface area is 174 Å². The summed E-state index contributed by atoms with van der Waals surface area (Å²) in [6, 6.07) is 6.56. The van der Waals surface area contributed by atoms with Gasteiger partial charge >= 0.3 is 0 Å². The van der Waals surface area contributed by atoms with Gasteiger partial charge in [0.05, 0.1) is 17.4 Å². The van der Waals surface area contributed by atoms with Gasteiger partial charge in [-0.15, -0.1) is 0 Å². The van der Waals surface area contributed by atoms with Gasteiger partial charge in [0.2, 0.25) is 5.91 Å². The van der Waals surface area contributed by atoms with Crippen molar-refractivity contribution in [3.05, 3.63) is 47.0 Å². The van der Waals surface area contributed by atoms with Gasteiger partial charge in [-0.3, -0.25) is 14.9 Å². The van der Waals surface area contributed by atoms with E-state index in [9.17, 15) is 4.79 Å². The lowest BCUT2D eigenvalue weighted by Crippen LogP contribution is -2.34. The Balaban J connectivity index is 1.43. The Morgan fingerprint density at radius 2 is 2.00 bits per heavy atom. The third kappa shape index (κ3) is 5.66. The summed E-state index contributed by atoms with van der Waals surface area (Å²) in [6.45, 7) is 4.80. The maximum atomic E-state index is 12.3. The molecule has 0 spiro atoms. The third-order valence-electron chi connectivity index (χ3n) is 6.36. The fourth-order valence-corrected chi connectivity index (χ4v) is 4.71. The van der Waals surface area contributed by atoms with Gasteiger partial charge < -0.3 is 10.2 Å². The van der Waals surface area contributed by atoms with E-state index < -0.39 is 0 Å². The van der Waals surface area contributed by atoms with Crippen molar-refractivity contribution in [1.82, 2.24) is 25.4 Å². The number of aryl methyl sites for hydroxylation is 2. The molecule has 1 saturated carbocycles. The van der Waals surface area contributed by atoms with E-state index in [0.717, 1.165) is 24.4 Å². The first-order valence-corrected chi connectivity index (χ1v) is 10.8. The van der Waals surface area contributed by atoms with Crippen molar-refractivity contribution in [3.63, 3.8) is 0 Å². The predicted molar refractivity (Wildman–Crippen MR) is 116 cm³/mol. The highest BCUT2D eigenvalue weighted by molar-refractivity contribution is 5.76. The first-order chi connectivity index (χ1) is 14.0. The second-order valence-corrected chi connectivity index (χ2v) is 8.66. The quantitative estimate of drug-likeness (QED) is 0.714. The monoisotopic (exact) mass is 397 g/mol. The van der Waals surface area contributed by atoms with Gasteiger partial charge in [-0.25, -0.2) is 0 Å². The van der Waals surface area contributed by atoms with Crippen molar-refractivity contribution in [2.45, 2.75) is 58.4 Å². The summed E-state index contributed by atoms with van der Waals surface area (Å²) < 4.78 is 0. The van der Waals surface area contributed by atoms with Crippen molar-refractivity contribution in [2.75, 3.05) is 20.6 Å². The third-order valence-corrected chi connectivity index (χ3v) is 6.36. The summed E-state index contributed by atoms with van der Waals surface area (Å²) >= 11 is 0. The number of pyridine rings is 1. The molecule has 1 atom stereocenters. The highest BCUT2D eigenvalue weighted by Gasteiger charge is 2.30. The van der Waals surface area contributed by atoms with E-state index >= 15 is 0 Å². The van der Waals surface area contributed by atoms with Crippen LogP contribution in [0.5, 0.6) is 0 Å². The lowest BCUT2D eigenvalue weighted by molar-refractivity contribution is -0.121. The molecule has 2 aromatic rings. The van der Waals surface area contributed by atoms with Gasteiger partial charge in [-0.05, 0) is 89.6 Å². The zero-order valence-corrected chi connectivity index (χ0v) is 18.2. The molecule has 3 rings (SSSR count). The second-order valence-electron chi connectivity index (χ2n) is 8.66. The average Bonchev–Trinajstić information content (AvgIpc) is 3.04. The van der Waals surface area contributed by atoms with Crippen LogP contribution >= 0.6 is 0 Å². The zero-order chi connectivity index (χ0) is 20.8. The fourth-order valence-electron chi connectivity index (χ4n) is 4.71. The number of rotatable bonds is 8. The number of amides is 1. The number of nitrogens with one attached hydrogen (secondary N) is 2. The Hall–Kier alpha value is -2.21. The number of nitrogens with zero attached hydrogens (tertiary/aromatic N) is 3. The SMILES string of the molecule is Cc1n[nH]c(C)c1CCC(=O)NCC1CCC(C(c2ccccn2)N(C)C)CC1. The van der Waals surface area contributed by atoms with Crippen LogP contribution in [0, 0.1) is 25.7 Å². The number of carbonyl (C=O) groups is 1. The molecule has 1 amide bonds. The van der Waals surface area contributed by atoms with E-state index in [1.807, 2.05) is 26.1 Å². The molecule has 0 aliphatic heterocycles. The number of carbonyl (C=O) groups excluding carboxylic acids is 1. The van der Waals surface area contributed by atoms with E-state index in [0.29, 0.717) is 24.3 Å². The molecular weight excluding hydrogens is 362 g/mol. The average molecular weight is 398 g/mol. The second kappa shape index (κ2) is 10.0. The number of hydrogen-bond donors (Lipinski definition) is 2. The van der Waals surface area contributed by atoms with E-state index in [4.69, 9.17) is 0 Å². The highest BCUT2D eigenvalue weighted by atomic mass is 16.1. The molecule has 6 heteroatoms. The van der Waals surface area contributed by atoms with Gasteiger partial charge in [0, 0.05) is 24.9 Å². The summed E-state index contributed by atoms with van der Waals surface area (Å²) in [6.07, 6.45) is 7.88. The smallest absolute Gasteiger partial charge is 0.220 e. The minimum Gasteiger partial charge on any atom is -0.356 e. The van der Waals surface area contributed by atoms with E-state index in [-0.39, 0.29) is 5.91 Å². The standard InChI is InChI=1S/C23H35N5O/c1-16-20(17(2)27-26-16)12-13-22(29)25-15-18-8-10-19(11-9-18)23(28(3)4)21-7-5-6-14-24-21/h5-7,14,18-19,23H,8-13,15H2,1-4H3,(H,25,29)(H,26,27). The minimum absolute atomic E-state index is 0.145. The molecule has 2 heterocycles. The number of H-pyrrole nitrogens is 1. The van der Waals surface area contributed by atoms with Crippen molar-refractivity contribution < 1.29 is 4.79 Å². The van der Waals surface area contributed by atoms with E-state index in [1.165, 1.54) is 36.9 Å². The predicted octanol–water partition coefficient (Wildman–Crippen LogP) is 3.58. The lowest BCUT2D eigenvalue weighted by Gasteiger charge is -2.37. The molecule has 0 aromatic carbocycles. The van der Waals surface area contributed by atoms with Crippen LogP contribution in [0.1, 0.15) is 60.8 Å². The summed E-state index contributed by atoms with van der Waals surface area (Å²) in [5, 5.41) is 10.4. The van der Waals surface area contributed by atoms with Crippen LogP contribution in [0.3, 0.4) is 0 Å².